The molecule has 228 valence electrons. The van der Waals surface area contributed by atoms with Crippen LogP contribution in [0.4, 0.5) is 0 Å². The van der Waals surface area contributed by atoms with E-state index in [0.29, 0.717) is 26.4 Å². The molecule has 2 saturated heterocycles. The van der Waals surface area contributed by atoms with Crippen molar-refractivity contribution >= 4 is 45.3 Å². The van der Waals surface area contributed by atoms with Crippen LogP contribution in [0.5, 0.6) is 0 Å². The zero-order valence-electron chi connectivity index (χ0n) is 24.4. The molecule has 6 nitrogen and oxygen atoms in total. The normalized spacial score (nSPS) is 19.7. The highest BCUT2D eigenvalue weighted by Crippen LogP contribution is 2.41. The molecule has 0 saturated carbocycles. The summed E-state index contributed by atoms with van der Waals surface area (Å²) in [5.41, 5.74) is 7.12. The van der Waals surface area contributed by atoms with Crippen LogP contribution in [0.3, 0.4) is 0 Å². The second-order valence-corrected chi connectivity index (χ2v) is 14.4. The van der Waals surface area contributed by atoms with Gasteiger partial charge in [-0.2, -0.15) is 0 Å². The van der Waals surface area contributed by atoms with Crippen LogP contribution in [-0.4, -0.2) is 42.6 Å². The highest BCUT2D eigenvalue weighted by Gasteiger charge is 2.28. The molecule has 7 rings (SSSR count). The van der Waals surface area contributed by atoms with Gasteiger partial charge in [-0.1, -0.05) is 71.1 Å². The van der Waals surface area contributed by atoms with E-state index in [9.17, 15) is 5.11 Å². The van der Waals surface area contributed by atoms with E-state index in [-0.39, 0.29) is 18.7 Å². The minimum atomic E-state index is -0.592. The Bertz CT molecular complexity index is 1500. The average Bonchev–Trinajstić information content (AvgIpc) is 3.85. The van der Waals surface area contributed by atoms with Crippen molar-refractivity contribution in [3.63, 3.8) is 0 Å². The molecule has 5 heterocycles. The number of benzene rings is 2. The van der Waals surface area contributed by atoms with Crippen molar-refractivity contribution in [3.8, 4) is 0 Å². The molecule has 2 aromatic carbocycles. The Morgan fingerprint density at radius 1 is 0.744 bits per heavy atom. The highest BCUT2D eigenvalue weighted by atomic mass is 127. The first kappa shape index (κ1) is 31.3. The number of aliphatic hydroxyl groups excluding tert-OH is 1. The van der Waals surface area contributed by atoms with Gasteiger partial charge in [0.05, 0.1) is 42.8 Å². The molecule has 2 fully saturated rings. The van der Waals surface area contributed by atoms with Crippen LogP contribution in [-0.2, 0) is 36.5 Å². The van der Waals surface area contributed by atoms with Gasteiger partial charge in [0.2, 0.25) is 0 Å². The minimum absolute atomic E-state index is 0.0429. The predicted molar refractivity (Wildman–Crippen MR) is 178 cm³/mol. The maximum absolute atomic E-state index is 10.9. The second kappa shape index (κ2) is 14.6. The van der Waals surface area contributed by atoms with Gasteiger partial charge in [-0.25, -0.2) is 0 Å². The molecule has 0 unspecified atom stereocenters. The monoisotopic (exact) mass is 732 g/mol. The SMILES string of the molecule is Cc1sc(C2OCCO2)cc1[C@@H]1OCCc2ccccc21.Cc1sc(C2OCCO2)cc1[C@H](O)c1ccccc1CCI. The molecule has 0 radical (unpaired) electrons. The van der Waals surface area contributed by atoms with E-state index in [2.05, 4.69) is 65.9 Å². The summed E-state index contributed by atoms with van der Waals surface area (Å²) in [5.74, 6) is 0. The molecule has 0 spiro atoms. The van der Waals surface area contributed by atoms with Crippen LogP contribution >= 0.6 is 45.3 Å². The lowest BCUT2D eigenvalue weighted by atomic mass is 9.93. The number of ether oxygens (including phenoxy) is 5. The summed E-state index contributed by atoms with van der Waals surface area (Å²) >= 11 is 5.76. The molecule has 43 heavy (non-hydrogen) atoms. The Balaban J connectivity index is 0.000000153. The maximum Gasteiger partial charge on any atom is 0.193 e. The number of rotatable bonds is 7. The van der Waals surface area contributed by atoms with Crippen LogP contribution in [0.2, 0.25) is 0 Å². The Kier molecular flexibility index (Phi) is 10.6. The first-order chi connectivity index (χ1) is 21.0. The Hall–Kier alpha value is -1.67. The van der Waals surface area contributed by atoms with Crippen molar-refractivity contribution in [2.45, 2.75) is 51.5 Å². The van der Waals surface area contributed by atoms with Gasteiger partial charge in [-0.3, -0.25) is 0 Å². The number of fused-ring (bicyclic) bond motifs is 1. The Labute approximate surface area is 275 Å². The Morgan fingerprint density at radius 2 is 1.37 bits per heavy atom. The van der Waals surface area contributed by atoms with E-state index in [1.807, 2.05) is 31.2 Å². The van der Waals surface area contributed by atoms with Crippen molar-refractivity contribution in [3.05, 3.63) is 114 Å². The van der Waals surface area contributed by atoms with Gasteiger partial charge in [0.1, 0.15) is 12.2 Å². The van der Waals surface area contributed by atoms with Crippen LogP contribution in [0.15, 0.2) is 60.7 Å². The topological polar surface area (TPSA) is 66.4 Å². The molecule has 0 bridgehead atoms. The number of alkyl halides is 1. The van der Waals surface area contributed by atoms with Crippen LogP contribution in [0, 0.1) is 13.8 Å². The molecule has 4 aromatic rings. The molecule has 0 amide bonds. The van der Waals surface area contributed by atoms with Crippen molar-refractivity contribution in [1.29, 1.82) is 0 Å². The maximum atomic E-state index is 10.9. The number of aliphatic hydroxyl groups is 1. The lowest BCUT2D eigenvalue weighted by Gasteiger charge is -2.26. The van der Waals surface area contributed by atoms with Gasteiger partial charge >= 0.3 is 0 Å². The lowest BCUT2D eigenvalue weighted by molar-refractivity contribution is -0.0416. The third kappa shape index (κ3) is 7.10. The zero-order chi connectivity index (χ0) is 29.8. The van der Waals surface area contributed by atoms with Crippen LogP contribution < -0.4 is 0 Å². The lowest BCUT2D eigenvalue weighted by Crippen LogP contribution is -2.17. The quantitative estimate of drug-likeness (QED) is 0.154. The highest BCUT2D eigenvalue weighted by molar-refractivity contribution is 14.1. The van der Waals surface area contributed by atoms with Gasteiger partial charge in [-0.15, -0.1) is 22.7 Å². The molecule has 2 aromatic heterocycles. The zero-order valence-corrected chi connectivity index (χ0v) is 28.2. The Morgan fingerprint density at radius 3 is 2.09 bits per heavy atom. The fourth-order valence-corrected chi connectivity index (χ4v) is 8.50. The van der Waals surface area contributed by atoms with E-state index < -0.39 is 6.10 Å². The number of thiophene rings is 2. The van der Waals surface area contributed by atoms with Crippen LogP contribution in [0.25, 0.3) is 0 Å². The van der Waals surface area contributed by atoms with E-state index in [1.54, 1.807) is 22.7 Å². The number of aryl methyl sites for hydroxylation is 3. The fraction of sp³-hybridized carbons (Fsp3) is 0.412. The summed E-state index contributed by atoms with van der Waals surface area (Å²) in [6.07, 6.45) is 0.957. The molecule has 3 aliphatic rings. The standard InChI is InChI=1S/C17H19IO3S.C17H18O3S/c1-11-14(10-15(22-11)17-20-8-9-21-17)16(19)13-5-3-2-4-12(13)6-7-18;1-11-14(10-15(21-11)17-19-8-9-20-17)16-13-5-3-2-4-12(13)6-7-18-16/h2-5,10,16-17,19H,6-9H2,1H3;2-5,10,16-17H,6-9H2,1H3/t2*16-/m11/s1. The molecule has 2 atom stereocenters. The number of hydrogen-bond donors (Lipinski definition) is 1. The van der Waals surface area contributed by atoms with Gasteiger partial charge in [0, 0.05) is 14.2 Å². The van der Waals surface area contributed by atoms with E-state index in [1.165, 1.54) is 27.1 Å². The molecule has 0 aliphatic carbocycles. The molecule has 1 N–H and O–H groups in total. The predicted octanol–water partition coefficient (Wildman–Crippen LogP) is 7.93. The molecular weight excluding hydrogens is 695 g/mol. The summed E-state index contributed by atoms with van der Waals surface area (Å²) in [5, 5.41) is 10.9. The smallest absolute Gasteiger partial charge is 0.193 e. The summed E-state index contributed by atoms with van der Waals surface area (Å²) in [6.45, 7) is 7.61. The van der Waals surface area contributed by atoms with Crippen molar-refractivity contribution in [2.24, 2.45) is 0 Å². The number of halogens is 1. The van der Waals surface area contributed by atoms with Crippen LogP contribution in [0.1, 0.15) is 77.7 Å². The first-order valence-electron chi connectivity index (χ1n) is 14.7. The van der Waals surface area contributed by atoms with Crippen molar-refractivity contribution < 1.29 is 28.8 Å². The summed E-state index contributed by atoms with van der Waals surface area (Å²) in [4.78, 5) is 4.58. The third-order valence-corrected chi connectivity index (χ3v) is 10.7. The van der Waals surface area contributed by atoms with Gasteiger partial charge in [0.25, 0.3) is 0 Å². The van der Waals surface area contributed by atoms with Crippen molar-refractivity contribution in [2.75, 3.05) is 37.5 Å². The van der Waals surface area contributed by atoms with Gasteiger partial charge in [0.15, 0.2) is 12.6 Å². The van der Waals surface area contributed by atoms with Gasteiger partial charge < -0.3 is 28.8 Å². The van der Waals surface area contributed by atoms with E-state index >= 15 is 0 Å². The average molecular weight is 733 g/mol. The summed E-state index contributed by atoms with van der Waals surface area (Å²) in [6, 6.07) is 20.9. The molecule has 9 heteroatoms. The summed E-state index contributed by atoms with van der Waals surface area (Å²) in [7, 11) is 0. The fourth-order valence-electron chi connectivity index (χ4n) is 5.80. The third-order valence-electron chi connectivity index (χ3n) is 7.94. The molecular formula is C34H37IO6S2. The van der Waals surface area contributed by atoms with Gasteiger partial charge in [-0.05, 0) is 72.2 Å². The largest absolute Gasteiger partial charge is 0.384 e. The van der Waals surface area contributed by atoms with Crippen molar-refractivity contribution in [1.82, 2.24) is 0 Å². The number of hydrogen-bond acceptors (Lipinski definition) is 8. The van der Waals surface area contributed by atoms with E-state index in [0.717, 1.165) is 49.6 Å². The second-order valence-electron chi connectivity index (χ2n) is 10.7. The van der Waals surface area contributed by atoms with E-state index in [4.69, 9.17) is 23.7 Å². The molecule has 3 aliphatic heterocycles. The first-order valence-corrected chi connectivity index (χ1v) is 17.9. The minimum Gasteiger partial charge on any atom is -0.384 e. The summed E-state index contributed by atoms with van der Waals surface area (Å²) < 4.78 is 29.5.